The normalized spacial score (nSPS) is 42.5. The van der Waals surface area contributed by atoms with Crippen LogP contribution in [0.25, 0.3) is 0 Å². The summed E-state index contributed by atoms with van der Waals surface area (Å²) in [6.07, 6.45) is 4.92. The molecule has 3 atom stereocenters. The maximum atomic E-state index is 11.2. The third kappa shape index (κ3) is 1.14. The van der Waals surface area contributed by atoms with E-state index in [9.17, 15) is 4.79 Å². The molecule has 2 aliphatic carbocycles. The zero-order chi connectivity index (χ0) is 11.3. The number of hydrogen-bond acceptors (Lipinski definition) is 2. The molecule has 2 rings (SSSR count). The summed E-state index contributed by atoms with van der Waals surface area (Å²) in [6, 6.07) is 0. The highest BCUT2D eigenvalue weighted by molar-refractivity contribution is 5.81. The van der Waals surface area contributed by atoms with Gasteiger partial charge in [-0.2, -0.15) is 0 Å². The summed E-state index contributed by atoms with van der Waals surface area (Å²) < 4.78 is 5.39. The van der Waals surface area contributed by atoms with Gasteiger partial charge in [0.15, 0.2) is 0 Å². The van der Waals surface area contributed by atoms with Gasteiger partial charge in [0.25, 0.3) is 0 Å². The van der Waals surface area contributed by atoms with Crippen LogP contribution >= 0.6 is 0 Å². The van der Waals surface area contributed by atoms with Crippen molar-refractivity contribution in [1.29, 1.82) is 0 Å². The number of hydrogen-bond donors (Lipinski definition) is 0. The van der Waals surface area contributed by atoms with E-state index in [1.807, 2.05) is 0 Å². The third-order valence-corrected chi connectivity index (χ3v) is 5.02. The Balaban J connectivity index is 2.05. The number of carbonyl (C=O) groups excluding carboxylic acids is 1. The molecule has 2 fully saturated rings. The van der Waals surface area contributed by atoms with Gasteiger partial charge in [0.05, 0.1) is 0 Å². The quantitative estimate of drug-likeness (QED) is 0.526. The molecule has 2 nitrogen and oxygen atoms in total. The number of ether oxygens (including phenoxy) is 1. The minimum atomic E-state index is -0.273. The maximum Gasteiger partial charge on any atom is 0.330 e. The molecule has 84 valence electrons. The van der Waals surface area contributed by atoms with Crippen molar-refractivity contribution in [3.05, 3.63) is 12.7 Å². The van der Waals surface area contributed by atoms with Crippen LogP contribution in [-0.4, -0.2) is 12.1 Å². The summed E-state index contributed by atoms with van der Waals surface area (Å²) in [4.78, 5) is 11.2. The van der Waals surface area contributed by atoms with Gasteiger partial charge in [-0.3, -0.25) is 0 Å². The molecule has 15 heavy (non-hydrogen) atoms. The molecular formula is C13H20O2. The minimum Gasteiger partial charge on any atom is -0.459 e. The van der Waals surface area contributed by atoms with Crippen molar-refractivity contribution in [3.8, 4) is 0 Å². The summed E-state index contributed by atoms with van der Waals surface area (Å²) in [7, 11) is 0. The molecule has 0 bridgehead atoms. The second-order valence-electron chi connectivity index (χ2n) is 5.56. The van der Waals surface area contributed by atoms with Gasteiger partial charge in [-0.1, -0.05) is 27.4 Å². The molecule has 0 aliphatic heterocycles. The van der Waals surface area contributed by atoms with Gasteiger partial charge in [-0.05, 0) is 30.6 Å². The molecule has 0 aromatic rings. The van der Waals surface area contributed by atoms with E-state index in [1.54, 1.807) is 0 Å². The summed E-state index contributed by atoms with van der Waals surface area (Å²) in [5.41, 5.74) is 0.680. The molecule has 0 N–H and O–H groups in total. The van der Waals surface area contributed by atoms with Crippen LogP contribution in [0.2, 0.25) is 0 Å². The molecule has 0 amide bonds. The minimum absolute atomic E-state index is 0.124. The van der Waals surface area contributed by atoms with Gasteiger partial charge in [0, 0.05) is 11.5 Å². The Kier molecular flexibility index (Phi) is 2.21. The standard InChI is InChI=1S/C13H20O2/c1-5-11(14)15-10-8-13(9(2)3)7-6-12(10,13)4/h5,9-10H,1,6-8H2,2-4H3. The lowest BCUT2D eigenvalue weighted by Gasteiger charge is -2.72. The Morgan fingerprint density at radius 1 is 1.53 bits per heavy atom. The molecule has 0 saturated heterocycles. The fourth-order valence-corrected chi connectivity index (χ4v) is 3.63. The van der Waals surface area contributed by atoms with E-state index in [0.717, 1.165) is 6.42 Å². The van der Waals surface area contributed by atoms with Crippen molar-refractivity contribution in [3.63, 3.8) is 0 Å². The first-order valence-electron chi connectivity index (χ1n) is 5.79. The Bertz CT molecular complexity index is 308. The number of fused-ring (bicyclic) bond motifs is 1. The molecule has 2 saturated carbocycles. The van der Waals surface area contributed by atoms with Crippen molar-refractivity contribution in [2.75, 3.05) is 0 Å². The zero-order valence-corrected chi connectivity index (χ0v) is 9.88. The average Bonchev–Trinajstić information content (AvgIpc) is 2.20. The number of carbonyl (C=O) groups is 1. The van der Waals surface area contributed by atoms with Crippen LogP contribution < -0.4 is 0 Å². The monoisotopic (exact) mass is 208 g/mol. The van der Waals surface area contributed by atoms with Crippen LogP contribution in [0.4, 0.5) is 0 Å². The van der Waals surface area contributed by atoms with Crippen LogP contribution in [0.15, 0.2) is 12.7 Å². The first-order chi connectivity index (χ1) is 6.96. The summed E-state index contributed by atoms with van der Waals surface area (Å²) in [5, 5.41) is 0. The first-order valence-corrected chi connectivity index (χ1v) is 5.79. The fraction of sp³-hybridized carbons (Fsp3) is 0.769. The Labute approximate surface area is 91.7 Å². The van der Waals surface area contributed by atoms with E-state index in [4.69, 9.17) is 4.74 Å². The largest absolute Gasteiger partial charge is 0.459 e. The smallest absolute Gasteiger partial charge is 0.330 e. The Morgan fingerprint density at radius 3 is 2.53 bits per heavy atom. The third-order valence-electron chi connectivity index (χ3n) is 5.02. The van der Waals surface area contributed by atoms with Crippen molar-refractivity contribution in [2.24, 2.45) is 16.7 Å². The van der Waals surface area contributed by atoms with Gasteiger partial charge in [-0.15, -0.1) is 0 Å². The van der Waals surface area contributed by atoms with Crippen LogP contribution in [-0.2, 0) is 9.53 Å². The lowest BCUT2D eigenvalue weighted by Crippen LogP contribution is -2.69. The fourth-order valence-electron chi connectivity index (χ4n) is 3.63. The van der Waals surface area contributed by atoms with E-state index in [1.165, 1.54) is 18.9 Å². The molecule has 0 aromatic carbocycles. The van der Waals surface area contributed by atoms with E-state index in [0.29, 0.717) is 11.3 Å². The summed E-state index contributed by atoms with van der Waals surface area (Å²) in [5.74, 6) is 0.417. The predicted octanol–water partition coefficient (Wildman–Crippen LogP) is 2.93. The molecule has 0 aromatic heterocycles. The molecule has 0 spiro atoms. The van der Waals surface area contributed by atoms with E-state index in [-0.39, 0.29) is 17.5 Å². The van der Waals surface area contributed by atoms with Gasteiger partial charge >= 0.3 is 5.97 Å². The van der Waals surface area contributed by atoms with E-state index < -0.39 is 0 Å². The Morgan fingerprint density at radius 2 is 2.20 bits per heavy atom. The van der Waals surface area contributed by atoms with Crippen molar-refractivity contribution >= 4 is 5.97 Å². The van der Waals surface area contributed by atoms with Crippen LogP contribution in [0, 0.1) is 16.7 Å². The highest BCUT2D eigenvalue weighted by Gasteiger charge is 2.70. The summed E-state index contributed by atoms with van der Waals surface area (Å²) >= 11 is 0. The molecular weight excluding hydrogens is 188 g/mol. The highest BCUT2D eigenvalue weighted by Crippen LogP contribution is 2.73. The topological polar surface area (TPSA) is 26.3 Å². The second-order valence-corrected chi connectivity index (χ2v) is 5.56. The van der Waals surface area contributed by atoms with Crippen molar-refractivity contribution in [2.45, 2.75) is 46.1 Å². The Hall–Kier alpha value is -0.790. The zero-order valence-electron chi connectivity index (χ0n) is 9.88. The molecule has 2 heteroatoms. The number of esters is 1. The lowest BCUT2D eigenvalue weighted by atomic mass is 9.34. The van der Waals surface area contributed by atoms with E-state index >= 15 is 0 Å². The second kappa shape index (κ2) is 3.10. The predicted molar refractivity (Wildman–Crippen MR) is 59.3 cm³/mol. The van der Waals surface area contributed by atoms with Crippen LogP contribution in [0.5, 0.6) is 0 Å². The molecule has 0 heterocycles. The van der Waals surface area contributed by atoms with Gasteiger partial charge < -0.3 is 4.74 Å². The SMILES string of the molecule is C=CC(=O)OC1CC2(C(C)C)CCC12C. The lowest BCUT2D eigenvalue weighted by molar-refractivity contribution is -0.278. The van der Waals surface area contributed by atoms with Crippen molar-refractivity contribution in [1.82, 2.24) is 0 Å². The number of rotatable bonds is 3. The molecule has 2 aliphatic rings. The summed E-state index contributed by atoms with van der Waals surface area (Å²) in [6.45, 7) is 10.3. The molecule has 3 unspecified atom stereocenters. The molecule has 0 radical (unpaired) electrons. The van der Waals surface area contributed by atoms with Crippen LogP contribution in [0.3, 0.4) is 0 Å². The average molecular weight is 208 g/mol. The van der Waals surface area contributed by atoms with Crippen molar-refractivity contribution < 1.29 is 9.53 Å². The van der Waals surface area contributed by atoms with Gasteiger partial charge in [-0.25, -0.2) is 4.79 Å². The van der Waals surface area contributed by atoms with Gasteiger partial charge in [0.2, 0.25) is 0 Å². The highest BCUT2D eigenvalue weighted by atomic mass is 16.5. The maximum absolute atomic E-state index is 11.2. The van der Waals surface area contributed by atoms with Gasteiger partial charge in [0.1, 0.15) is 6.10 Å². The van der Waals surface area contributed by atoms with Crippen LogP contribution in [0.1, 0.15) is 40.0 Å². The van der Waals surface area contributed by atoms with E-state index in [2.05, 4.69) is 27.4 Å². The first kappa shape index (κ1) is 10.7.